The lowest BCUT2D eigenvalue weighted by molar-refractivity contribution is -0.384. The minimum atomic E-state index is -0.700. The lowest BCUT2D eigenvalue weighted by atomic mass is 10.1. The first-order valence-corrected chi connectivity index (χ1v) is 6.04. The molecule has 1 atom stereocenters. The van der Waals surface area contributed by atoms with Crippen molar-refractivity contribution >= 4 is 5.69 Å². The average Bonchev–Trinajstić information content (AvgIpc) is 2.38. The largest absolute Gasteiger partial charge is 0.387 e. The molecule has 1 aromatic rings. The molecular formula is C13H20N2O4. The molecule has 0 fully saturated rings. The lowest BCUT2D eigenvalue weighted by Gasteiger charge is -2.24. The molecule has 0 saturated heterocycles. The van der Waals surface area contributed by atoms with E-state index in [1.54, 1.807) is 19.2 Å². The Kier molecular flexibility index (Phi) is 5.41. The van der Waals surface area contributed by atoms with Gasteiger partial charge in [-0.15, -0.1) is 0 Å². The fourth-order valence-corrected chi connectivity index (χ4v) is 1.52. The third-order valence-corrected chi connectivity index (χ3v) is 2.93. The molecule has 0 spiro atoms. The molecule has 0 saturated carbocycles. The van der Waals surface area contributed by atoms with Crippen molar-refractivity contribution in [1.29, 1.82) is 0 Å². The van der Waals surface area contributed by atoms with Crippen LogP contribution >= 0.6 is 0 Å². The SMILES string of the molecule is COC(C)(C)CNCC(O)c1ccc([N+](=O)[O-])cc1. The zero-order chi connectivity index (χ0) is 14.5. The van der Waals surface area contributed by atoms with Crippen molar-refractivity contribution in [2.45, 2.75) is 25.6 Å². The maximum atomic E-state index is 10.5. The number of hydrogen-bond donors (Lipinski definition) is 2. The Hall–Kier alpha value is -1.50. The average molecular weight is 268 g/mol. The zero-order valence-electron chi connectivity index (χ0n) is 11.4. The highest BCUT2D eigenvalue weighted by molar-refractivity contribution is 5.33. The van der Waals surface area contributed by atoms with Gasteiger partial charge in [-0.1, -0.05) is 0 Å². The van der Waals surface area contributed by atoms with Crippen LogP contribution in [0.4, 0.5) is 5.69 Å². The smallest absolute Gasteiger partial charge is 0.269 e. The van der Waals surface area contributed by atoms with E-state index in [9.17, 15) is 15.2 Å². The first-order chi connectivity index (χ1) is 8.85. The Morgan fingerprint density at radius 1 is 1.42 bits per heavy atom. The number of rotatable bonds is 7. The van der Waals surface area contributed by atoms with Crippen molar-refractivity contribution < 1.29 is 14.8 Å². The van der Waals surface area contributed by atoms with Crippen LogP contribution < -0.4 is 5.32 Å². The summed E-state index contributed by atoms with van der Waals surface area (Å²) in [5, 5.41) is 23.6. The van der Waals surface area contributed by atoms with Gasteiger partial charge >= 0.3 is 0 Å². The van der Waals surface area contributed by atoms with E-state index < -0.39 is 11.0 Å². The number of non-ortho nitro benzene ring substituents is 1. The van der Waals surface area contributed by atoms with E-state index >= 15 is 0 Å². The van der Waals surface area contributed by atoms with Crippen LogP contribution in [-0.4, -0.2) is 35.8 Å². The standard InChI is InChI=1S/C13H20N2O4/c1-13(2,19-3)9-14-8-12(16)10-4-6-11(7-5-10)15(17)18/h4-7,12,14,16H,8-9H2,1-3H3. The number of aliphatic hydroxyl groups excluding tert-OH is 1. The van der Waals surface area contributed by atoms with Crippen LogP contribution in [0.1, 0.15) is 25.5 Å². The Labute approximate surface area is 112 Å². The molecule has 1 aromatic carbocycles. The Bertz CT molecular complexity index is 417. The van der Waals surface area contributed by atoms with Gasteiger partial charge < -0.3 is 15.2 Å². The lowest BCUT2D eigenvalue weighted by Crippen LogP contribution is -2.38. The molecule has 0 aromatic heterocycles. The molecule has 1 unspecified atom stereocenters. The molecule has 19 heavy (non-hydrogen) atoms. The topological polar surface area (TPSA) is 84.6 Å². The van der Waals surface area contributed by atoms with Crippen LogP contribution in [-0.2, 0) is 4.74 Å². The van der Waals surface area contributed by atoms with Crippen LogP contribution in [0, 0.1) is 10.1 Å². The molecule has 0 amide bonds. The van der Waals surface area contributed by atoms with Crippen molar-refractivity contribution in [2.75, 3.05) is 20.2 Å². The summed E-state index contributed by atoms with van der Waals surface area (Å²) in [6, 6.07) is 5.90. The normalized spacial score (nSPS) is 13.3. The first-order valence-electron chi connectivity index (χ1n) is 6.04. The molecule has 6 heteroatoms. The summed E-state index contributed by atoms with van der Waals surface area (Å²) in [5.41, 5.74) is 0.368. The predicted octanol–water partition coefficient (Wildman–Crippen LogP) is 1.64. The van der Waals surface area contributed by atoms with E-state index in [-0.39, 0.29) is 11.3 Å². The van der Waals surface area contributed by atoms with Crippen molar-refractivity contribution in [1.82, 2.24) is 5.32 Å². The van der Waals surface area contributed by atoms with Gasteiger partial charge in [0.25, 0.3) is 5.69 Å². The van der Waals surface area contributed by atoms with Crippen LogP contribution in [0.3, 0.4) is 0 Å². The summed E-state index contributed by atoms with van der Waals surface area (Å²) >= 11 is 0. The number of nitrogens with one attached hydrogen (secondary N) is 1. The van der Waals surface area contributed by atoms with Gasteiger partial charge in [0.15, 0.2) is 0 Å². The highest BCUT2D eigenvalue weighted by Crippen LogP contribution is 2.17. The third-order valence-electron chi connectivity index (χ3n) is 2.93. The summed E-state index contributed by atoms with van der Waals surface area (Å²) in [6.07, 6.45) is -0.700. The molecule has 0 aliphatic rings. The molecule has 0 radical (unpaired) electrons. The van der Waals surface area contributed by atoms with E-state index in [1.165, 1.54) is 12.1 Å². The second-order valence-corrected chi connectivity index (χ2v) is 4.96. The molecule has 0 aliphatic carbocycles. The maximum absolute atomic E-state index is 10.5. The monoisotopic (exact) mass is 268 g/mol. The van der Waals surface area contributed by atoms with Crippen molar-refractivity contribution in [3.05, 3.63) is 39.9 Å². The number of methoxy groups -OCH3 is 1. The van der Waals surface area contributed by atoms with Crippen LogP contribution in [0.2, 0.25) is 0 Å². The maximum Gasteiger partial charge on any atom is 0.269 e. The van der Waals surface area contributed by atoms with E-state index in [0.29, 0.717) is 18.7 Å². The summed E-state index contributed by atoms with van der Waals surface area (Å²) in [7, 11) is 1.63. The van der Waals surface area contributed by atoms with Crippen molar-refractivity contribution in [3.63, 3.8) is 0 Å². The number of nitro benzene ring substituents is 1. The third kappa shape index (κ3) is 4.94. The molecule has 0 bridgehead atoms. The Morgan fingerprint density at radius 2 is 2.00 bits per heavy atom. The summed E-state index contributed by atoms with van der Waals surface area (Å²) < 4.78 is 5.25. The summed E-state index contributed by atoms with van der Waals surface area (Å²) in [6.45, 7) is 4.86. The molecule has 106 valence electrons. The van der Waals surface area contributed by atoms with E-state index in [0.717, 1.165) is 0 Å². The predicted molar refractivity (Wildman–Crippen MR) is 72.0 cm³/mol. The minimum Gasteiger partial charge on any atom is -0.387 e. The van der Waals surface area contributed by atoms with Crippen LogP contribution in [0.25, 0.3) is 0 Å². The highest BCUT2D eigenvalue weighted by atomic mass is 16.6. The molecule has 0 aliphatic heterocycles. The first kappa shape index (κ1) is 15.6. The van der Waals surface area contributed by atoms with E-state index in [1.807, 2.05) is 13.8 Å². The Morgan fingerprint density at radius 3 is 2.47 bits per heavy atom. The second kappa shape index (κ2) is 6.60. The molecular weight excluding hydrogens is 248 g/mol. The number of benzene rings is 1. The number of ether oxygens (including phenoxy) is 1. The number of aliphatic hydroxyl groups is 1. The molecule has 2 N–H and O–H groups in total. The molecule has 0 heterocycles. The van der Waals surface area contributed by atoms with Gasteiger partial charge in [0, 0.05) is 32.3 Å². The van der Waals surface area contributed by atoms with Gasteiger partial charge in [-0.05, 0) is 31.5 Å². The highest BCUT2D eigenvalue weighted by Gasteiger charge is 2.17. The molecule has 1 rings (SSSR count). The van der Waals surface area contributed by atoms with Gasteiger partial charge in [-0.2, -0.15) is 0 Å². The van der Waals surface area contributed by atoms with E-state index in [2.05, 4.69) is 5.32 Å². The fourth-order valence-electron chi connectivity index (χ4n) is 1.52. The van der Waals surface area contributed by atoms with Crippen molar-refractivity contribution in [2.24, 2.45) is 0 Å². The van der Waals surface area contributed by atoms with Crippen LogP contribution in [0.5, 0.6) is 0 Å². The van der Waals surface area contributed by atoms with Gasteiger partial charge in [0.05, 0.1) is 16.6 Å². The number of hydrogen-bond acceptors (Lipinski definition) is 5. The van der Waals surface area contributed by atoms with Crippen LogP contribution in [0.15, 0.2) is 24.3 Å². The number of nitro groups is 1. The molecule has 6 nitrogen and oxygen atoms in total. The zero-order valence-corrected chi connectivity index (χ0v) is 11.4. The van der Waals surface area contributed by atoms with Gasteiger partial charge in [-0.25, -0.2) is 0 Å². The fraction of sp³-hybridized carbons (Fsp3) is 0.538. The minimum absolute atomic E-state index is 0.0180. The number of nitrogens with zero attached hydrogens (tertiary/aromatic N) is 1. The van der Waals surface area contributed by atoms with Crippen molar-refractivity contribution in [3.8, 4) is 0 Å². The Balaban J connectivity index is 2.49. The summed E-state index contributed by atoms with van der Waals surface area (Å²) in [5.74, 6) is 0. The second-order valence-electron chi connectivity index (χ2n) is 4.96. The van der Waals surface area contributed by atoms with Gasteiger partial charge in [0.1, 0.15) is 0 Å². The van der Waals surface area contributed by atoms with Gasteiger partial charge in [0.2, 0.25) is 0 Å². The quantitative estimate of drug-likeness (QED) is 0.580. The van der Waals surface area contributed by atoms with Gasteiger partial charge in [-0.3, -0.25) is 10.1 Å². The van der Waals surface area contributed by atoms with E-state index in [4.69, 9.17) is 4.74 Å². The summed E-state index contributed by atoms with van der Waals surface area (Å²) in [4.78, 5) is 10.1.